The Bertz CT molecular complexity index is 524. The molecule has 6 heteroatoms. The van der Waals surface area contributed by atoms with Gasteiger partial charge in [0, 0.05) is 13.0 Å². The summed E-state index contributed by atoms with van der Waals surface area (Å²) in [5, 5.41) is 7.02. The summed E-state index contributed by atoms with van der Waals surface area (Å²) in [6, 6.07) is 5.16. The lowest BCUT2D eigenvalue weighted by Gasteiger charge is -2.09. The van der Waals surface area contributed by atoms with E-state index < -0.39 is 10.0 Å². The van der Waals surface area contributed by atoms with Gasteiger partial charge in [-0.2, -0.15) is 0 Å². The fourth-order valence-corrected chi connectivity index (χ4v) is 2.75. The van der Waals surface area contributed by atoms with Gasteiger partial charge in [-0.25, -0.2) is 13.1 Å². The first-order valence-electron chi connectivity index (χ1n) is 5.23. The lowest BCUT2D eigenvalue weighted by molar-refractivity contribution is 0.582. The first-order chi connectivity index (χ1) is 7.83. The molecule has 1 aromatic rings. The lowest BCUT2D eigenvalue weighted by Crippen LogP contribution is -2.28. The maximum atomic E-state index is 11.9. The number of aryl methyl sites for hydroxylation is 2. The van der Waals surface area contributed by atoms with Crippen LogP contribution in [0.2, 0.25) is 0 Å². The van der Waals surface area contributed by atoms with Gasteiger partial charge in [-0.05, 0) is 25.5 Å². The van der Waals surface area contributed by atoms with Crippen LogP contribution in [0.4, 0.5) is 0 Å². The summed E-state index contributed by atoms with van der Waals surface area (Å²) >= 11 is 0. The average Bonchev–Trinajstić information content (AvgIpc) is 2.15. The summed E-state index contributed by atoms with van der Waals surface area (Å²) in [7, 11) is -3.51. The van der Waals surface area contributed by atoms with Crippen LogP contribution in [0.3, 0.4) is 0 Å². The van der Waals surface area contributed by atoms with E-state index >= 15 is 0 Å². The molecule has 0 radical (unpaired) electrons. The van der Waals surface area contributed by atoms with Crippen molar-refractivity contribution in [2.75, 3.05) is 6.54 Å². The van der Waals surface area contributed by atoms with E-state index in [9.17, 15) is 8.42 Å². The van der Waals surface area contributed by atoms with Crippen LogP contribution >= 0.6 is 0 Å². The number of nitrogens with one attached hydrogen (secondary N) is 2. The fourth-order valence-electron chi connectivity index (χ4n) is 1.50. The number of hydrogen-bond acceptors (Lipinski definition) is 3. The Balaban J connectivity index is 2.86. The fraction of sp³-hybridized carbons (Fsp3) is 0.364. The lowest BCUT2D eigenvalue weighted by atomic mass is 10.2. The molecule has 0 bridgehead atoms. The van der Waals surface area contributed by atoms with Gasteiger partial charge in [0.1, 0.15) is 0 Å². The van der Waals surface area contributed by atoms with Crippen molar-refractivity contribution in [3.05, 3.63) is 29.3 Å². The van der Waals surface area contributed by atoms with Crippen LogP contribution in [-0.2, 0) is 10.0 Å². The summed E-state index contributed by atoms with van der Waals surface area (Å²) in [6.07, 6.45) is 0.212. The molecule has 0 aliphatic carbocycles. The van der Waals surface area contributed by atoms with Gasteiger partial charge in [0.2, 0.25) is 10.0 Å². The van der Waals surface area contributed by atoms with Gasteiger partial charge in [-0.3, -0.25) is 5.41 Å². The van der Waals surface area contributed by atoms with Crippen LogP contribution in [0.1, 0.15) is 17.5 Å². The van der Waals surface area contributed by atoms with Crippen LogP contribution in [0, 0.1) is 19.3 Å². The Kier molecular flexibility index (Phi) is 4.25. The molecular weight excluding hydrogens is 238 g/mol. The van der Waals surface area contributed by atoms with E-state index in [-0.39, 0.29) is 23.7 Å². The van der Waals surface area contributed by atoms with E-state index in [1.54, 1.807) is 19.1 Å². The molecule has 0 atom stereocenters. The molecule has 0 heterocycles. The topological polar surface area (TPSA) is 96.0 Å². The van der Waals surface area contributed by atoms with Crippen molar-refractivity contribution in [3.63, 3.8) is 0 Å². The highest BCUT2D eigenvalue weighted by molar-refractivity contribution is 7.89. The third-order valence-corrected chi connectivity index (χ3v) is 3.93. The van der Waals surface area contributed by atoms with Crippen LogP contribution in [0.5, 0.6) is 0 Å². The van der Waals surface area contributed by atoms with Crippen LogP contribution in [0.25, 0.3) is 0 Å². The molecular formula is C11H17N3O2S. The first kappa shape index (κ1) is 13.7. The monoisotopic (exact) mass is 255 g/mol. The second-order valence-electron chi connectivity index (χ2n) is 3.94. The number of sulfonamides is 1. The van der Waals surface area contributed by atoms with Crippen LogP contribution in [0.15, 0.2) is 23.1 Å². The van der Waals surface area contributed by atoms with E-state index in [1.807, 2.05) is 13.0 Å². The van der Waals surface area contributed by atoms with E-state index in [4.69, 9.17) is 11.1 Å². The maximum absolute atomic E-state index is 11.9. The highest BCUT2D eigenvalue weighted by Gasteiger charge is 2.15. The average molecular weight is 255 g/mol. The molecule has 0 aromatic heterocycles. The molecule has 17 heavy (non-hydrogen) atoms. The molecule has 0 saturated carbocycles. The van der Waals surface area contributed by atoms with Crippen molar-refractivity contribution < 1.29 is 8.42 Å². The number of hydrogen-bond donors (Lipinski definition) is 3. The Morgan fingerprint density at radius 3 is 2.59 bits per heavy atom. The molecule has 0 fully saturated rings. The quantitative estimate of drug-likeness (QED) is 0.539. The van der Waals surface area contributed by atoms with E-state index in [1.165, 1.54) is 0 Å². The van der Waals surface area contributed by atoms with Gasteiger partial charge in [0.05, 0.1) is 10.7 Å². The zero-order chi connectivity index (χ0) is 13.1. The van der Waals surface area contributed by atoms with Crippen molar-refractivity contribution in [3.8, 4) is 0 Å². The molecule has 0 unspecified atom stereocenters. The summed E-state index contributed by atoms with van der Waals surface area (Å²) < 4.78 is 26.3. The van der Waals surface area contributed by atoms with Crippen LogP contribution < -0.4 is 10.5 Å². The molecule has 0 aliphatic heterocycles. The normalized spacial score (nSPS) is 11.4. The Morgan fingerprint density at radius 2 is 2.06 bits per heavy atom. The zero-order valence-electron chi connectivity index (χ0n) is 9.95. The van der Waals surface area contributed by atoms with Gasteiger partial charge in [0.15, 0.2) is 0 Å². The summed E-state index contributed by atoms with van der Waals surface area (Å²) in [5.41, 5.74) is 6.89. The Hall–Kier alpha value is -1.40. The highest BCUT2D eigenvalue weighted by atomic mass is 32.2. The molecule has 0 spiro atoms. The largest absolute Gasteiger partial charge is 0.388 e. The van der Waals surface area contributed by atoms with E-state index in [0.717, 1.165) is 5.56 Å². The number of rotatable bonds is 5. The van der Waals surface area contributed by atoms with Gasteiger partial charge in [-0.1, -0.05) is 17.7 Å². The molecule has 1 rings (SSSR count). The standard InChI is InChI=1S/C11H17N3O2S/c1-8-3-4-10(9(2)7-8)17(15,16)14-6-5-11(12)13/h3-4,7,14H,5-6H2,1-2H3,(H3,12,13). The SMILES string of the molecule is Cc1ccc(S(=O)(=O)NCCC(=N)N)c(C)c1. The molecule has 0 aliphatic rings. The summed E-state index contributed by atoms with van der Waals surface area (Å²) in [5.74, 6) is -0.0340. The molecule has 0 saturated heterocycles. The van der Waals surface area contributed by atoms with Gasteiger partial charge in [0.25, 0.3) is 0 Å². The van der Waals surface area contributed by atoms with Crippen molar-refractivity contribution in [2.45, 2.75) is 25.2 Å². The molecule has 94 valence electrons. The van der Waals surface area contributed by atoms with E-state index in [2.05, 4.69) is 4.72 Å². The van der Waals surface area contributed by atoms with Crippen molar-refractivity contribution in [2.24, 2.45) is 5.73 Å². The van der Waals surface area contributed by atoms with E-state index in [0.29, 0.717) is 5.56 Å². The predicted molar refractivity (Wildman–Crippen MR) is 67.6 cm³/mol. The minimum absolute atomic E-state index is 0.0340. The second kappa shape index (κ2) is 5.29. The molecule has 4 N–H and O–H groups in total. The Morgan fingerprint density at radius 1 is 1.41 bits per heavy atom. The second-order valence-corrected chi connectivity index (χ2v) is 5.68. The predicted octanol–water partition coefficient (Wildman–Crippen LogP) is 0.908. The van der Waals surface area contributed by atoms with Crippen molar-refractivity contribution in [1.29, 1.82) is 5.41 Å². The molecule has 1 aromatic carbocycles. The van der Waals surface area contributed by atoms with Crippen LogP contribution in [-0.4, -0.2) is 20.8 Å². The third-order valence-electron chi connectivity index (χ3n) is 2.31. The Labute approximate surface area is 102 Å². The van der Waals surface area contributed by atoms with Gasteiger partial charge < -0.3 is 5.73 Å². The maximum Gasteiger partial charge on any atom is 0.240 e. The third kappa shape index (κ3) is 3.83. The van der Waals surface area contributed by atoms with Crippen molar-refractivity contribution in [1.82, 2.24) is 4.72 Å². The highest BCUT2D eigenvalue weighted by Crippen LogP contribution is 2.15. The van der Waals surface area contributed by atoms with Gasteiger partial charge in [-0.15, -0.1) is 0 Å². The minimum Gasteiger partial charge on any atom is -0.388 e. The first-order valence-corrected chi connectivity index (χ1v) is 6.71. The number of amidine groups is 1. The number of benzene rings is 1. The molecule has 0 amide bonds. The zero-order valence-corrected chi connectivity index (χ0v) is 10.8. The smallest absolute Gasteiger partial charge is 0.240 e. The summed E-state index contributed by atoms with van der Waals surface area (Å²) in [6.45, 7) is 3.81. The van der Waals surface area contributed by atoms with Gasteiger partial charge >= 0.3 is 0 Å². The molecule has 5 nitrogen and oxygen atoms in total. The summed E-state index contributed by atoms with van der Waals surface area (Å²) in [4.78, 5) is 0.270. The number of nitrogens with two attached hydrogens (primary N) is 1. The van der Waals surface area contributed by atoms with Crippen molar-refractivity contribution >= 4 is 15.9 Å². The minimum atomic E-state index is -3.51.